The van der Waals surface area contributed by atoms with Crippen LogP contribution in [0, 0.1) is 0 Å². The highest BCUT2D eigenvalue weighted by Crippen LogP contribution is 2.37. The van der Waals surface area contributed by atoms with Gasteiger partial charge in [-0.05, 0) is 60.6 Å². The van der Waals surface area contributed by atoms with Crippen LogP contribution < -0.4 is 16.6 Å². The van der Waals surface area contributed by atoms with E-state index >= 15 is 0 Å². The van der Waals surface area contributed by atoms with Gasteiger partial charge in [0.2, 0.25) is 0 Å². The molecule has 2 aromatic rings. The monoisotopic (exact) mass is 546 g/mol. The molecule has 2 saturated heterocycles. The average Bonchev–Trinajstić information content (AvgIpc) is 3.62. The number of carbonyl (C=O) groups excluding carboxylic acids is 2. The van der Waals surface area contributed by atoms with Crippen LogP contribution in [0.2, 0.25) is 0 Å². The molecule has 2 aliphatic heterocycles. The van der Waals surface area contributed by atoms with E-state index in [9.17, 15) is 14.7 Å². The number of carbonyl (C=O) groups is 2. The zero-order valence-electron chi connectivity index (χ0n) is 23.2. The smallest absolute Gasteiger partial charge is 0.254 e. The van der Waals surface area contributed by atoms with E-state index in [-0.39, 0.29) is 24.3 Å². The first-order chi connectivity index (χ1) is 19.4. The van der Waals surface area contributed by atoms with Crippen molar-refractivity contribution in [1.29, 1.82) is 0 Å². The quantitative estimate of drug-likeness (QED) is 0.456. The van der Waals surface area contributed by atoms with E-state index in [2.05, 4.69) is 40.0 Å². The summed E-state index contributed by atoms with van der Waals surface area (Å²) in [6, 6.07) is 16.8. The predicted molar refractivity (Wildman–Crippen MR) is 153 cm³/mol. The predicted octanol–water partition coefficient (Wildman–Crippen LogP) is 2.93. The molecule has 6 rings (SSSR count). The second-order valence-corrected chi connectivity index (χ2v) is 11.9. The van der Waals surface area contributed by atoms with E-state index in [1.165, 1.54) is 50.5 Å². The largest absolute Gasteiger partial charge is 0.380 e. The van der Waals surface area contributed by atoms with Crippen LogP contribution in [0.4, 0.5) is 0 Å². The number of amides is 2. The fourth-order valence-corrected chi connectivity index (χ4v) is 6.52. The first kappa shape index (κ1) is 27.4. The Labute approximate surface area is 236 Å². The number of hydrogen-bond donors (Lipinski definition) is 4. The van der Waals surface area contributed by atoms with Gasteiger partial charge in [-0.2, -0.15) is 0 Å². The summed E-state index contributed by atoms with van der Waals surface area (Å²) in [7, 11) is 0. The summed E-state index contributed by atoms with van der Waals surface area (Å²) < 4.78 is 0. The van der Waals surface area contributed by atoms with Crippen molar-refractivity contribution in [3.8, 4) is 11.1 Å². The Hall–Kier alpha value is -2.82. The molecule has 2 saturated carbocycles. The minimum Gasteiger partial charge on any atom is -0.380 e. The minimum atomic E-state index is -1.15. The highest BCUT2D eigenvalue weighted by molar-refractivity contribution is 5.95. The number of piperazine rings is 1. The zero-order chi connectivity index (χ0) is 27.7. The third-order valence-electron chi connectivity index (χ3n) is 9.13. The van der Waals surface area contributed by atoms with Gasteiger partial charge in [0.15, 0.2) is 0 Å². The Morgan fingerprint density at radius 3 is 2.15 bits per heavy atom. The molecule has 2 atom stereocenters. The number of nitrogens with zero attached hydrogens (tertiary/aromatic N) is 3. The maximum Gasteiger partial charge on any atom is 0.254 e. The lowest BCUT2D eigenvalue weighted by atomic mass is 9.94. The highest BCUT2D eigenvalue weighted by atomic mass is 16.3. The Kier molecular flexibility index (Phi) is 7.92. The number of hydrogen-bond acceptors (Lipinski definition) is 7. The van der Waals surface area contributed by atoms with Crippen molar-refractivity contribution in [2.75, 3.05) is 26.2 Å². The molecule has 9 heteroatoms. The molecule has 4 fully saturated rings. The van der Waals surface area contributed by atoms with Gasteiger partial charge < -0.3 is 20.6 Å². The van der Waals surface area contributed by atoms with E-state index in [4.69, 9.17) is 5.73 Å². The third-order valence-corrected chi connectivity index (χ3v) is 9.13. The van der Waals surface area contributed by atoms with Gasteiger partial charge in [-0.1, -0.05) is 62.4 Å². The SMILES string of the molecule is NC1NNC(c2cccc(-c3ccc(C(=O)N4CCN(C(=O)C5(O)CC5)CC4)cc3)c2)N1C1CCCCCCC1. The summed E-state index contributed by atoms with van der Waals surface area (Å²) in [6.45, 7) is 1.88. The van der Waals surface area contributed by atoms with E-state index in [0.29, 0.717) is 50.6 Å². The van der Waals surface area contributed by atoms with Crippen molar-refractivity contribution in [1.82, 2.24) is 25.6 Å². The highest BCUT2D eigenvalue weighted by Gasteiger charge is 2.50. The number of benzene rings is 2. The Morgan fingerprint density at radius 1 is 0.825 bits per heavy atom. The van der Waals surface area contributed by atoms with Gasteiger partial charge in [0.25, 0.3) is 11.8 Å². The van der Waals surface area contributed by atoms with Gasteiger partial charge in [-0.25, -0.2) is 10.9 Å². The number of hydrazine groups is 1. The van der Waals surface area contributed by atoms with Gasteiger partial charge in [0, 0.05) is 37.8 Å². The summed E-state index contributed by atoms with van der Waals surface area (Å²) in [6.07, 6.45) is 9.68. The van der Waals surface area contributed by atoms with E-state index in [0.717, 1.165) is 11.1 Å². The molecule has 9 nitrogen and oxygen atoms in total. The molecule has 5 N–H and O–H groups in total. The molecule has 2 aromatic carbocycles. The fourth-order valence-electron chi connectivity index (χ4n) is 6.52. The van der Waals surface area contributed by atoms with Crippen molar-refractivity contribution in [2.24, 2.45) is 5.73 Å². The average molecular weight is 547 g/mol. The van der Waals surface area contributed by atoms with Gasteiger partial charge in [-0.3, -0.25) is 14.5 Å². The van der Waals surface area contributed by atoms with Crippen LogP contribution in [0.1, 0.15) is 79.9 Å². The molecule has 2 heterocycles. The molecular formula is C31H42N6O3. The number of rotatable bonds is 5. The summed E-state index contributed by atoms with van der Waals surface area (Å²) in [5, 5.41) is 10.1. The van der Waals surface area contributed by atoms with Gasteiger partial charge in [0.1, 0.15) is 18.1 Å². The van der Waals surface area contributed by atoms with Crippen LogP contribution >= 0.6 is 0 Å². The van der Waals surface area contributed by atoms with Crippen molar-refractivity contribution in [3.63, 3.8) is 0 Å². The van der Waals surface area contributed by atoms with Crippen LogP contribution in [-0.4, -0.2) is 75.7 Å². The maximum absolute atomic E-state index is 13.2. The van der Waals surface area contributed by atoms with Crippen molar-refractivity contribution in [3.05, 3.63) is 59.7 Å². The topological polar surface area (TPSA) is 114 Å². The Bertz CT molecular complexity index is 1200. The fraction of sp³-hybridized carbons (Fsp3) is 0.548. The molecule has 0 radical (unpaired) electrons. The van der Waals surface area contributed by atoms with Crippen LogP contribution in [0.5, 0.6) is 0 Å². The van der Waals surface area contributed by atoms with E-state index in [1.54, 1.807) is 9.80 Å². The second-order valence-electron chi connectivity index (χ2n) is 11.9. The summed E-state index contributed by atoms with van der Waals surface area (Å²) in [5.41, 5.74) is 16.0. The molecule has 40 heavy (non-hydrogen) atoms. The molecule has 2 unspecified atom stereocenters. The molecule has 0 aromatic heterocycles. The normalized spacial score (nSPS) is 25.9. The van der Waals surface area contributed by atoms with Crippen LogP contribution in [0.15, 0.2) is 48.5 Å². The van der Waals surface area contributed by atoms with Gasteiger partial charge in [0.05, 0.1) is 0 Å². The van der Waals surface area contributed by atoms with E-state index < -0.39 is 5.60 Å². The van der Waals surface area contributed by atoms with Crippen LogP contribution in [-0.2, 0) is 4.79 Å². The lowest BCUT2D eigenvalue weighted by Gasteiger charge is -2.35. The van der Waals surface area contributed by atoms with E-state index in [1.807, 2.05) is 24.3 Å². The standard InChI is InChI=1S/C31H42N6O3/c32-30-34-33-27(37(30)26-9-4-2-1-3-5-10-26)25-8-6-7-24(21-25)22-11-13-23(14-12-22)28(38)35-17-19-36(20-18-35)29(39)31(40)15-16-31/h6-8,11-14,21,26-27,30,33-34,40H,1-5,9-10,15-20,32H2. The summed E-state index contributed by atoms with van der Waals surface area (Å²) in [5.74, 6) is -0.216. The molecular weight excluding hydrogens is 504 g/mol. The lowest BCUT2D eigenvalue weighted by molar-refractivity contribution is -0.143. The molecule has 214 valence electrons. The molecule has 0 spiro atoms. The summed E-state index contributed by atoms with van der Waals surface area (Å²) in [4.78, 5) is 31.5. The van der Waals surface area contributed by atoms with Crippen molar-refractivity contribution < 1.29 is 14.7 Å². The molecule has 0 bridgehead atoms. The third kappa shape index (κ3) is 5.66. The first-order valence-corrected chi connectivity index (χ1v) is 15.0. The number of nitrogens with two attached hydrogens (primary N) is 1. The lowest BCUT2D eigenvalue weighted by Crippen LogP contribution is -2.53. The first-order valence-electron chi connectivity index (χ1n) is 15.0. The summed E-state index contributed by atoms with van der Waals surface area (Å²) >= 11 is 0. The molecule has 2 aliphatic carbocycles. The van der Waals surface area contributed by atoms with Crippen LogP contribution in [0.3, 0.4) is 0 Å². The second kappa shape index (κ2) is 11.6. The maximum atomic E-state index is 13.2. The Balaban J connectivity index is 1.11. The molecule has 2 amide bonds. The van der Waals surface area contributed by atoms with Crippen molar-refractivity contribution >= 4 is 11.8 Å². The van der Waals surface area contributed by atoms with Gasteiger partial charge in [-0.15, -0.1) is 0 Å². The van der Waals surface area contributed by atoms with Crippen LogP contribution in [0.25, 0.3) is 11.1 Å². The Morgan fingerprint density at radius 2 is 1.48 bits per heavy atom. The van der Waals surface area contributed by atoms with Crippen molar-refractivity contribution in [2.45, 2.75) is 81.9 Å². The zero-order valence-corrected chi connectivity index (χ0v) is 23.2. The minimum absolute atomic E-state index is 0.00593. The van der Waals surface area contributed by atoms with Gasteiger partial charge >= 0.3 is 0 Å². The molecule has 4 aliphatic rings. The number of nitrogens with one attached hydrogen (secondary N) is 2. The number of aliphatic hydroxyl groups is 1.